The van der Waals surface area contributed by atoms with Gasteiger partial charge in [0.1, 0.15) is 0 Å². The zero-order valence-electron chi connectivity index (χ0n) is 14.8. The Hall–Kier alpha value is -2.04. The third-order valence-electron chi connectivity index (χ3n) is 3.49. The number of carbonyl (C=O) groups excluding carboxylic acids is 2. The average Bonchev–Trinajstić information content (AvgIpc) is 2.47. The fourth-order valence-electron chi connectivity index (χ4n) is 1.97. The van der Waals surface area contributed by atoms with Gasteiger partial charge in [-0.15, -0.1) is 0 Å². The first kappa shape index (κ1) is 19.0. The van der Waals surface area contributed by atoms with Gasteiger partial charge in [0.15, 0.2) is 0 Å². The third-order valence-corrected chi connectivity index (χ3v) is 3.49. The Morgan fingerprint density at radius 3 is 1.87 bits per heavy atom. The molecule has 1 rings (SSSR count). The number of carbonyl (C=O) groups is 2. The van der Waals surface area contributed by atoms with E-state index in [1.165, 1.54) is 0 Å². The summed E-state index contributed by atoms with van der Waals surface area (Å²) >= 11 is 0. The van der Waals surface area contributed by atoms with Crippen LogP contribution in [-0.4, -0.2) is 18.0 Å². The van der Waals surface area contributed by atoms with Gasteiger partial charge in [-0.25, -0.2) is 4.79 Å². The lowest BCUT2D eigenvalue weighted by molar-refractivity contribution is -0.118. The van der Waals surface area contributed by atoms with E-state index < -0.39 is 0 Å². The fourth-order valence-corrected chi connectivity index (χ4v) is 1.97. The van der Waals surface area contributed by atoms with E-state index >= 15 is 0 Å². The van der Waals surface area contributed by atoms with Crippen LogP contribution in [0.3, 0.4) is 0 Å². The predicted octanol–water partition coefficient (Wildman–Crippen LogP) is 4.23. The number of anilines is 2. The minimum atomic E-state index is -0.208. The number of urea groups is 1. The summed E-state index contributed by atoms with van der Waals surface area (Å²) in [6, 6.07) is 7.03. The summed E-state index contributed by atoms with van der Waals surface area (Å²) < 4.78 is 0. The first-order chi connectivity index (χ1) is 10.8. The minimum absolute atomic E-state index is 0.0255. The molecule has 0 aliphatic heterocycles. The van der Waals surface area contributed by atoms with E-state index in [4.69, 9.17) is 0 Å². The van der Waals surface area contributed by atoms with Gasteiger partial charge in [0.2, 0.25) is 5.91 Å². The van der Waals surface area contributed by atoms with Crippen molar-refractivity contribution in [2.45, 2.75) is 53.5 Å². The summed E-state index contributed by atoms with van der Waals surface area (Å²) in [4.78, 5) is 23.5. The fraction of sp³-hybridized carbons (Fsp3) is 0.556. The molecule has 0 aliphatic carbocycles. The molecule has 0 aliphatic rings. The number of benzene rings is 1. The van der Waals surface area contributed by atoms with Crippen LogP contribution in [0.1, 0.15) is 47.5 Å². The van der Waals surface area contributed by atoms with Crippen molar-refractivity contribution >= 4 is 23.3 Å². The molecular formula is C18H29N3O2. The second kappa shape index (κ2) is 9.18. The lowest BCUT2D eigenvalue weighted by Crippen LogP contribution is -2.36. The highest BCUT2D eigenvalue weighted by Crippen LogP contribution is 2.14. The van der Waals surface area contributed by atoms with Crippen molar-refractivity contribution in [1.29, 1.82) is 0 Å². The molecule has 0 saturated carbocycles. The SMILES string of the molecule is CC(C)CC[C@@H](C)NC(=O)Nc1ccc(NC(=O)C(C)C)cc1. The number of amides is 3. The van der Waals surface area contributed by atoms with Gasteiger partial charge in [-0.2, -0.15) is 0 Å². The van der Waals surface area contributed by atoms with E-state index in [1.54, 1.807) is 24.3 Å². The van der Waals surface area contributed by atoms with Gasteiger partial charge in [-0.3, -0.25) is 4.79 Å². The molecule has 0 saturated heterocycles. The van der Waals surface area contributed by atoms with E-state index in [0.717, 1.165) is 18.5 Å². The molecular weight excluding hydrogens is 290 g/mol. The maximum atomic E-state index is 11.9. The Bertz CT molecular complexity index is 510. The molecule has 0 fully saturated rings. The Kier molecular flexibility index (Phi) is 7.59. The first-order valence-electron chi connectivity index (χ1n) is 8.26. The summed E-state index contributed by atoms with van der Waals surface area (Å²) in [5.41, 5.74) is 1.42. The molecule has 3 amide bonds. The third kappa shape index (κ3) is 7.68. The predicted molar refractivity (Wildman–Crippen MR) is 95.6 cm³/mol. The van der Waals surface area contributed by atoms with Crippen LogP contribution >= 0.6 is 0 Å². The summed E-state index contributed by atoms with van der Waals surface area (Å²) in [6.45, 7) is 10.0. The lowest BCUT2D eigenvalue weighted by Gasteiger charge is -2.16. The Labute approximate surface area is 139 Å². The Morgan fingerprint density at radius 2 is 1.39 bits per heavy atom. The molecule has 1 aromatic carbocycles. The molecule has 1 atom stereocenters. The zero-order valence-corrected chi connectivity index (χ0v) is 14.8. The van der Waals surface area contributed by atoms with Crippen LogP contribution in [0.5, 0.6) is 0 Å². The monoisotopic (exact) mass is 319 g/mol. The van der Waals surface area contributed by atoms with E-state index in [1.807, 2.05) is 20.8 Å². The first-order valence-corrected chi connectivity index (χ1v) is 8.26. The Morgan fingerprint density at radius 1 is 0.870 bits per heavy atom. The quantitative estimate of drug-likeness (QED) is 0.704. The smallest absolute Gasteiger partial charge is 0.319 e. The van der Waals surface area contributed by atoms with Crippen molar-refractivity contribution in [1.82, 2.24) is 5.32 Å². The summed E-state index contributed by atoms with van der Waals surface area (Å²) in [5, 5.41) is 8.54. The number of rotatable bonds is 7. The summed E-state index contributed by atoms with van der Waals surface area (Å²) in [7, 11) is 0. The molecule has 5 nitrogen and oxygen atoms in total. The molecule has 0 unspecified atom stereocenters. The van der Waals surface area contributed by atoms with Crippen LogP contribution in [0.4, 0.5) is 16.2 Å². The second-order valence-electron chi connectivity index (χ2n) is 6.69. The van der Waals surface area contributed by atoms with Crippen LogP contribution in [0, 0.1) is 11.8 Å². The van der Waals surface area contributed by atoms with Crippen LogP contribution in [0.15, 0.2) is 24.3 Å². The van der Waals surface area contributed by atoms with Crippen molar-refractivity contribution in [2.24, 2.45) is 11.8 Å². The average molecular weight is 319 g/mol. The van der Waals surface area contributed by atoms with Crippen LogP contribution < -0.4 is 16.0 Å². The van der Waals surface area contributed by atoms with E-state index in [-0.39, 0.29) is 23.9 Å². The van der Waals surface area contributed by atoms with Gasteiger partial charge in [0.05, 0.1) is 0 Å². The van der Waals surface area contributed by atoms with Crippen molar-refractivity contribution in [3.05, 3.63) is 24.3 Å². The molecule has 0 aromatic heterocycles. The highest BCUT2D eigenvalue weighted by atomic mass is 16.2. The summed E-state index contributed by atoms with van der Waals surface area (Å²) in [5.74, 6) is 0.546. The van der Waals surface area contributed by atoms with Crippen molar-refractivity contribution in [3.63, 3.8) is 0 Å². The molecule has 23 heavy (non-hydrogen) atoms. The molecule has 128 valence electrons. The molecule has 3 N–H and O–H groups in total. The maximum absolute atomic E-state index is 11.9. The molecule has 0 radical (unpaired) electrons. The van der Waals surface area contributed by atoms with Gasteiger partial charge in [0, 0.05) is 23.3 Å². The summed E-state index contributed by atoms with van der Waals surface area (Å²) in [6.07, 6.45) is 2.05. The molecule has 0 heterocycles. The highest BCUT2D eigenvalue weighted by molar-refractivity contribution is 5.93. The van der Waals surface area contributed by atoms with Gasteiger partial charge in [-0.1, -0.05) is 27.7 Å². The lowest BCUT2D eigenvalue weighted by atomic mass is 10.0. The van der Waals surface area contributed by atoms with E-state index in [2.05, 4.69) is 29.8 Å². The van der Waals surface area contributed by atoms with Crippen LogP contribution in [0.25, 0.3) is 0 Å². The molecule has 5 heteroatoms. The van der Waals surface area contributed by atoms with E-state index in [0.29, 0.717) is 11.6 Å². The van der Waals surface area contributed by atoms with Crippen molar-refractivity contribution in [3.8, 4) is 0 Å². The van der Waals surface area contributed by atoms with Crippen LogP contribution in [-0.2, 0) is 4.79 Å². The zero-order chi connectivity index (χ0) is 17.4. The highest BCUT2D eigenvalue weighted by Gasteiger charge is 2.09. The number of hydrogen-bond donors (Lipinski definition) is 3. The van der Waals surface area contributed by atoms with Crippen molar-refractivity contribution < 1.29 is 9.59 Å². The van der Waals surface area contributed by atoms with Gasteiger partial charge >= 0.3 is 6.03 Å². The topological polar surface area (TPSA) is 70.2 Å². The maximum Gasteiger partial charge on any atom is 0.319 e. The molecule has 0 bridgehead atoms. The van der Waals surface area contributed by atoms with Gasteiger partial charge < -0.3 is 16.0 Å². The molecule has 1 aromatic rings. The minimum Gasteiger partial charge on any atom is -0.335 e. The Balaban J connectivity index is 2.45. The second-order valence-corrected chi connectivity index (χ2v) is 6.69. The number of hydrogen-bond acceptors (Lipinski definition) is 2. The normalized spacial score (nSPS) is 12.1. The van der Waals surface area contributed by atoms with Gasteiger partial charge in [0.25, 0.3) is 0 Å². The van der Waals surface area contributed by atoms with E-state index in [9.17, 15) is 9.59 Å². The largest absolute Gasteiger partial charge is 0.335 e. The van der Waals surface area contributed by atoms with Crippen molar-refractivity contribution in [2.75, 3.05) is 10.6 Å². The van der Waals surface area contributed by atoms with Crippen LogP contribution in [0.2, 0.25) is 0 Å². The standard InChI is InChI=1S/C18H29N3O2/c1-12(2)6-7-14(5)19-18(23)21-16-10-8-15(9-11-16)20-17(22)13(3)4/h8-14H,6-7H2,1-5H3,(H,20,22)(H2,19,21,23)/t14-/m1/s1. The number of nitrogens with one attached hydrogen (secondary N) is 3. The van der Waals surface area contributed by atoms with Gasteiger partial charge in [-0.05, 0) is 49.9 Å². The molecule has 0 spiro atoms.